The lowest BCUT2D eigenvalue weighted by atomic mass is 9.99. The average Bonchev–Trinajstić information content (AvgIpc) is 2.75. The minimum absolute atomic E-state index is 0.519. The largest absolute Gasteiger partial charge is 0.245 e. The van der Waals surface area contributed by atoms with Crippen molar-refractivity contribution in [1.29, 1.82) is 4.78 Å². The Kier molecular flexibility index (Phi) is 4.61. The summed E-state index contributed by atoms with van der Waals surface area (Å²) >= 11 is 0. The standard InChI is InChI=1S/C24H19NOS/c25-27(26,21-15-8-3-9-16-21)24-22(19-11-4-1-5-12-19)17-10-18-23(24)20-13-6-2-7-14-20/h1-18,25H. The van der Waals surface area contributed by atoms with E-state index in [1.807, 2.05) is 97.1 Å². The molecule has 0 saturated heterocycles. The minimum Gasteiger partial charge on any atom is -0.245 e. The molecule has 0 bridgehead atoms. The molecule has 3 heteroatoms. The molecule has 0 aliphatic carbocycles. The van der Waals surface area contributed by atoms with Gasteiger partial charge < -0.3 is 0 Å². The van der Waals surface area contributed by atoms with Crippen LogP contribution in [-0.2, 0) is 9.73 Å². The summed E-state index contributed by atoms with van der Waals surface area (Å²) < 4.78 is 22.8. The molecule has 0 fully saturated rings. The molecule has 0 spiro atoms. The van der Waals surface area contributed by atoms with Crippen LogP contribution in [0.3, 0.4) is 0 Å². The Balaban J connectivity index is 2.06. The highest BCUT2D eigenvalue weighted by Gasteiger charge is 2.23. The first kappa shape index (κ1) is 17.3. The second kappa shape index (κ2) is 7.22. The molecule has 1 atom stereocenters. The van der Waals surface area contributed by atoms with Crippen molar-refractivity contribution in [2.24, 2.45) is 0 Å². The third-order valence-corrected chi connectivity index (χ3v) is 6.50. The van der Waals surface area contributed by atoms with Gasteiger partial charge in [0.15, 0.2) is 0 Å². The zero-order chi connectivity index (χ0) is 18.7. The van der Waals surface area contributed by atoms with Crippen molar-refractivity contribution < 1.29 is 4.21 Å². The Bertz CT molecular complexity index is 1100. The number of benzene rings is 4. The number of hydrogen-bond donors (Lipinski definition) is 1. The zero-order valence-corrected chi connectivity index (χ0v) is 15.5. The van der Waals surface area contributed by atoms with Crippen molar-refractivity contribution in [3.63, 3.8) is 0 Å². The Morgan fingerprint density at radius 3 is 1.37 bits per heavy atom. The number of hydrogen-bond acceptors (Lipinski definition) is 2. The lowest BCUT2D eigenvalue weighted by Crippen LogP contribution is -2.04. The maximum atomic E-state index is 13.8. The van der Waals surface area contributed by atoms with Crippen molar-refractivity contribution in [3.8, 4) is 22.3 Å². The lowest BCUT2D eigenvalue weighted by Gasteiger charge is -2.18. The van der Waals surface area contributed by atoms with E-state index < -0.39 is 9.73 Å². The molecule has 0 aromatic heterocycles. The monoisotopic (exact) mass is 369 g/mol. The third-order valence-electron chi connectivity index (χ3n) is 4.55. The van der Waals surface area contributed by atoms with Gasteiger partial charge in [-0.25, -0.2) is 8.99 Å². The van der Waals surface area contributed by atoms with Gasteiger partial charge in [0.05, 0.1) is 9.79 Å². The molecule has 1 unspecified atom stereocenters. The summed E-state index contributed by atoms with van der Waals surface area (Å²) in [6.45, 7) is 0. The van der Waals surface area contributed by atoms with Gasteiger partial charge in [0.2, 0.25) is 0 Å². The topological polar surface area (TPSA) is 40.9 Å². The van der Waals surface area contributed by atoms with Crippen molar-refractivity contribution in [2.75, 3.05) is 0 Å². The minimum atomic E-state index is -3.20. The molecule has 27 heavy (non-hydrogen) atoms. The second-order valence-electron chi connectivity index (χ2n) is 6.28. The summed E-state index contributed by atoms with van der Waals surface area (Å²) in [7, 11) is -3.20. The molecule has 2 nitrogen and oxygen atoms in total. The third kappa shape index (κ3) is 3.29. The fraction of sp³-hybridized carbons (Fsp3) is 0. The molecule has 4 rings (SSSR count). The Hall–Kier alpha value is -3.17. The van der Waals surface area contributed by atoms with E-state index in [0.717, 1.165) is 22.3 Å². The normalized spacial score (nSPS) is 13.0. The molecule has 0 radical (unpaired) electrons. The molecule has 0 heterocycles. The van der Waals surface area contributed by atoms with Crippen LogP contribution in [0, 0.1) is 4.78 Å². The van der Waals surface area contributed by atoms with Gasteiger partial charge in [0.25, 0.3) is 0 Å². The van der Waals surface area contributed by atoms with Crippen LogP contribution in [0.25, 0.3) is 22.3 Å². The summed E-state index contributed by atoms with van der Waals surface area (Å²) in [6.07, 6.45) is 0. The number of nitrogens with one attached hydrogen (secondary N) is 1. The average molecular weight is 369 g/mol. The molecule has 0 saturated carbocycles. The van der Waals surface area contributed by atoms with Gasteiger partial charge in [-0.2, -0.15) is 0 Å². The van der Waals surface area contributed by atoms with E-state index in [4.69, 9.17) is 4.78 Å². The maximum absolute atomic E-state index is 13.8. The molecule has 132 valence electrons. The van der Waals surface area contributed by atoms with Crippen LogP contribution < -0.4 is 0 Å². The van der Waals surface area contributed by atoms with E-state index in [-0.39, 0.29) is 0 Å². The fourth-order valence-electron chi connectivity index (χ4n) is 3.27. The first-order valence-electron chi connectivity index (χ1n) is 8.76. The van der Waals surface area contributed by atoms with Crippen LogP contribution in [-0.4, -0.2) is 4.21 Å². The van der Waals surface area contributed by atoms with E-state index in [2.05, 4.69) is 0 Å². The zero-order valence-electron chi connectivity index (χ0n) is 14.7. The smallest absolute Gasteiger partial charge is 0.102 e. The Morgan fingerprint density at radius 2 is 0.926 bits per heavy atom. The summed E-state index contributed by atoms with van der Waals surface area (Å²) in [6, 6.07) is 34.7. The van der Waals surface area contributed by atoms with Crippen LogP contribution >= 0.6 is 0 Å². The summed E-state index contributed by atoms with van der Waals surface area (Å²) in [5.74, 6) is 0. The second-order valence-corrected chi connectivity index (χ2v) is 8.28. The van der Waals surface area contributed by atoms with Crippen LogP contribution in [0.1, 0.15) is 0 Å². The van der Waals surface area contributed by atoms with Gasteiger partial charge in [0, 0.05) is 0 Å². The highest BCUT2D eigenvalue weighted by molar-refractivity contribution is 7.92. The Morgan fingerprint density at radius 1 is 0.519 bits per heavy atom. The lowest BCUT2D eigenvalue weighted by molar-refractivity contribution is 0.675. The van der Waals surface area contributed by atoms with Crippen LogP contribution in [0.5, 0.6) is 0 Å². The highest BCUT2D eigenvalue weighted by atomic mass is 32.2. The van der Waals surface area contributed by atoms with Gasteiger partial charge in [-0.15, -0.1) is 0 Å². The van der Waals surface area contributed by atoms with Crippen LogP contribution in [0.4, 0.5) is 0 Å². The number of rotatable bonds is 4. The molecular formula is C24H19NOS. The predicted octanol–water partition coefficient (Wildman–Crippen LogP) is 6.49. The molecular weight excluding hydrogens is 350 g/mol. The van der Waals surface area contributed by atoms with Gasteiger partial charge in [-0.05, 0) is 34.4 Å². The van der Waals surface area contributed by atoms with E-state index in [1.165, 1.54) is 0 Å². The fourth-order valence-corrected chi connectivity index (χ4v) is 5.03. The van der Waals surface area contributed by atoms with E-state index in [0.29, 0.717) is 9.79 Å². The quantitative estimate of drug-likeness (QED) is 0.439. The summed E-state index contributed by atoms with van der Waals surface area (Å²) in [5.41, 5.74) is 3.59. The van der Waals surface area contributed by atoms with Crippen molar-refractivity contribution in [1.82, 2.24) is 0 Å². The molecule has 0 aliphatic rings. The van der Waals surface area contributed by atoms with Gasteiger partial charge in [-0.1, -0.05) is 97.1 Å². The first-order chi connectivity index (χ1) is 13.2. The highest BCUT2D eigenvalue weighted by Crippen LogP contribution is 2.39. The summed E-state index contributed by atoms with van der Waals surface area (Å²) in [5, 5.41) is 0. The predicted molar refractivity (Wildman–Crippen MR) is 111 cm³/mol. The van der Waals surface area contributed by atoms with Crippen LogP contribution in [0.15, 0.2) is 119 Å². The summed E-state index contributed by atoms with van der Waals surface area (Å²) in [4.78, 5) is 1.08. The first-order valence-corrected chi connectivity index (χ1v) is 10.3. The molecule has 4 aromatic carbocycles. The van der Waals surface area contributed by atoms with Crippen molar-refractivity contribution >= 4 is 9.73 Å². The molecule has 1 N–H and O–H groups in total. The van der Waals surface area contributed by atoms with Gasteiger partial charge in [-0.3, -0.25) is 0 Å². The Labute approximate surface area is 160 Å². The van der Waals surface area contributed by atoms with Crippen molar-refractivity contribution in [3.05, 3.63) is 109 Å². The molecule has 4 aromatic rings. The molecule has 0 amide bonds. The van der Waals surface area contributed by atoms with E-state index in [9.17, 15) is 4.21 Å². The van der Waals surface area contributed by atoms with Gasteiger partial charge >= 0.3 is 0 Å². The maximum Gasteiger partial charge on any atom is 0.102 e. The SMILES string of the molecule is N=S(=O)(c1ccccc1)c1c(-c2ccccc2)cccc1-c1ccccc1. The van der Waals surface area contributed by atoms with Crippen molar-refractivity contribution in [2.45, 2.75) is 9.79 Å². The van der Waals surface area contributed by atoms with E-state index >= 15 is 0 Å². The van der Waals surface area contributed by atoms with E-state index in [1.54, 1.807) is 12.1 Å². The van der Waals surface area contributed by atoms with Gasteiger partial charge in [0.1, 0.15) is 9.73 Å². The molecule has 0 aliphatic heterocycles. The van der Waals surface area contributed by atoms with Crippen LogP contribution in [0.2, 0.25) is 0 Å².